The minimum absolute atomic E-state index is 0.299. The molecule has 0 saturated heterocycles. The number of hydrogen-bond acceptors (Lipinski definition) is 5. The van der Waals surface area contributed by atoms with Gasteiger partial charge in [0.25, 0.3) is 0 Å². The summed E-state index contributed by atoms with van der Waals surface area (Å²) in [5.74, 6) is 2.84. The molecule has 1 aromatic carbocycles. The summed E-state index contributed by atoms with van der Waals surface area (Å²) in [6.07, 6.45) is 0. The van der Waals surface area contributed by atoms with Crippen molar-refractivity contribution in [1.82, 2.24) is 9.97 Å². The molecule has 0 fully saturated rings. The Hall–Kier alpha value is -1.75. The molecule has 0 aliphatic carbocycles. The zero-order valence-corrected chi connectivity index (χ0v) is 13.0. The second-order valence-corrected chi connectivity index (χ2v) is 5.73. The maximum atomic E-state index is 5.24. The average molecular weight is 289 g/mol. The lowest BCUT2D eigenvalue weighted by molar-refractivity contribution is 0.413. The smallest absolute Gasteiger partial charge is 0.134 e. The molecule has 2 rings (SSSR count). The van der Waals surface area contributed by atoms with Gasteiger partial charge < -0.3 is 10.1 Å². The largest absolute Gasteiger partial charge is 0.497 e. The van der Waals surface area contributed by atoms with Crippen LogP contribution in [0, 0.1) is 0 Å². The maximum Gasteiger partial charge on any atom is 0.134 e. The standard InChI is InChI=1S/C15H19N3OS/c1-10(2)15-17-13(16-3)9-14(18-15)20-12-7-5-6-11(8-12)19-4/h5-10H,1-4H3,(H,16,17,18). The van der Waals surface area contributed by atoms with Crippen molar-refractivity contribution < 1.29 is 4.74 Å². The maximum absolute atomic E-state index is 5.24. The lowest BCUT2D eigenvalue weighted by Crippen LogP contribution is -2.02. The fraction of sp³-hybridized carbons (Fsp3) is 0.333. The highest BCUT2D eigenvalue weighted by Gasteiger charge is 2.09. The first-order valence-corrected chi connectivity index (χ1v) is 7.32. The van der Waals surface area contributed by atoms with Crippen LogP contribution in [0.1, 0.15) is 25.6 Å². The van der Waals surface area contributed by atoms with Gasteiger partial charge in [0.1, 0.15) is 22.4 Å². The van der Waals surface area contributed by atoms with Crippen molar-refractivity contribution in [2.45, 2.75) is 29.7 Å². The molecule has 0 bridgehead atoms. The Bertz CT molecular complexity index is 587. The van der Waals surface area contributed by atoms with E-state index in [1.165, 1.54) is 0 Å². The Morgan fingerprint density at radius 2 is 2.00 bits per heavy atom. The van der Waals surface area contributed by atoms with Gasteiger partial charge in [-0.15, -0.1) is 0 Å². The van der Waals surface area contributed by atoms with Gasteiger partial charge in [-0.25, -0.2) is 9.97 Å². The first-order valence-electron chi connectivity index (χ1n) is 6.51. The van der Waals surface area contributed by atoms with Crippen LogP contribution in [0.4, 0.5) is 5.82 Å². The number of hydrogen-bond donors (Lipinski definition) is 1. The molecular formula is C15H19N3OS. The van der Waals surface area contributed by atoms with Crippen LogP contribution in [0.5, 0.6) is 5.75 Å². The van der Waals surface area contributed by atoms with Gasteiger partial charge in [-0.2, -0.15) is 0 Å². The Labute approximate surface area is 124 Å². The number of rotatable bonds is 5. The molecule has 0 radical (unpaired) electrons. The van der Waals surface area contributed by atoms with Crippen LogP contribution in [0.3, 0.4) is 0 Å². The van der Waals surface area contributed by atoms with E-state index in [1.54, 1.807) is 18.9 Å². The quantitative estimate of drug-likeness (QED) is 0.848. The zero-order valence-electron chi connectivity index (χ0n) is 12.2. The van der Waals surface area contributed by atoms with Crippen LogP contribution in [0.25, 0.3) is 0 Å². The Morgan fingerprint density at radius 1 is 1.20 bits per heavy atom. The van der Waals surface area contributed by atoms with Gasteiger partial charge in [0.05, 0.1) is 7.11 Å². The number of ether oxygens (including phenoxy) is 1. The highest BCUT2D eigenvalue weighted by molar-refractivity contribution is 7.99. The van der Waals surface area contributed by atoms with Gasteiger partial charge in [0.2, 0.25) is 0 Å². The van der Waals surface area contributed by atoms with Crippen molar-refractivity contribution in [3.63, 3.8) is 0 Å². The first kappa shape index (κ1) is 14.7. The van der Waals surface area contributed by atoms with E-state index in [1.807, 2.05) is 37.4 Å². The Balaban J connectivity index is 2.29. The van der Waals surface area contributed by atoms with Gasteiger partial charge >= 0.3 is 0 Å². The van der Waals surface area contributed by atoms with E-state index in [9.17, 15) is 0 Å². The van der Waals surface area contributed by atoms with E-state index in [0.717, 1.165) is 27.3 Å². The minimum atomic E-state index is 0.299. The van der Waals surface area contributed by atoms with Crippen LogP contribution in [-0.2, 0) is 0 Å². The van der Waals surface area contributed by atoms with Crippen molar-refractivity contribution in [2.24, 2.45) is 0 Å². The van der Waals surface area contributed by atoms with Gasteiger partial charge in [-0.3, -0.25) is 0 Å². The van der Waals surface area contributed by atoms with Crippen molar-refractivity contribution in [2.75, 3.05) is 19.5 Å². The normalized spacial score (nSPS) is 10.7. The number of aromatic nitrogens is 2. The summed E-state index contributed by atoms with van der Waals surface area (Å²) >= 11 is 1.61. The molecule has 0 aliphatic heterocycles. The molecule has 0 aliphatic rings. The van der Waals surface area contributed by atoms with Crippen LogP contribution < -0.4 is 10.1 Å². The summed E-state index contributed by atoms with van der Waals surface area (Å²) < 4.78 is 5.24. The molecular weight excluding hydrogens is 270 g/mol. The topological polar surface area (TPSA) is 47.0 Å². The van der Waals surface area contributed by atoms with E-state index in [0.29, 0.717) is 5.92 Å². The van der Waals surface area contributed by atoms with E-state index < -0.39 is 0 Å². The highest BCUT2D eigenvalue weighted by Crippen LogP contribution is 2.30. The molecule has 0 atom stereocenters. The van der Waals surface area contributed by atoms with Crippen molar-refractivity contribution in [3.05, 3.63) is 36.2 Å². The molecule has 106 valence electrons. The van der Waals surface area contributed by atoms with Gasteiger partial charge in [-0.05, 0) is 18.2 Å². The molecule has 5 heteroatoms. The lowest BCUT2D eigenvalue weighted by atomic mass is 10.2. The third-order valence-corrected chi connectivity index (χ3v) is 3.66. The summed E-state index contributed by atoms with van der Waals surface area (Å²) in [6, 6.07) is 9.91. The third-order valence-electron chi connectivity index (χ3n) is 2.76. The van der Waals surface area contributed by atoms with E-state index >= 15 is 0 Å². The van der Waals surface area contributed by atoms with E-state index in [4.69, 9.17) is 4.74 Å². The molecule has 0 unspecified atom stereocenters. The Morgan fingerprint density at radius 3 is 2.65 bits per heavy atom. The van der Waals surface area contributed by atoms with E-state index in [2.05, 4.69) is 29.1 Å². The fourth-order valence-corrected chi connectivity index (χ4v) is 2.54. The first-order chi connectivity index (χ1) is 9.62. The lowest BCUT2D eigenvalue weighted by Gasteiger charge is -2.10. The number of nitrogens with one attached hydrogen (secondary N) is 1. The van der Waals surface area contributed by atoms with Crippen molar-refractivity contribution in [3.8, 4) is 5.75 Å². The van der Waals surface area contributed by atoms with Crippen molar-refractivity contribution >= 4 is 17.6 Å². The predicted octanol–water partition coefficient (Wildman–Crippen LogP) is 3.80. The molecule has 20 heavy (non-hydrogen) atoms. The summed E-state index contributed by atoms with van der Waals surface area (Å²) in [7, 11) is 3.54. The highest BCUT2D eigenvalue weighted by atomic mass is 32.2. The molecule has 1 heterocycles. The van der Waals surface area contributed by atoms with Gasteiger partial charge in [0.15, 0.2) is 0 Å². The molecule has 1 aromatic heterocycles. The van der Waals surface area contributed by atoms with Gasteiger partial charge in [0, 0.05) is 23.9 Å². The molecule has 0 saturated carbocycles. The van der Waals surface area contributed by atoms with Crippen LogP contribution in [0.15, 0.2) is 40.3 Å². The van der Waals surface area contributed by atoms with E-state index in [-0.39, 0.29) is 0 Å². The predicted molar refractivity (Wildman–Crippen MR) is 82.8 cm³/mol. The molecule has 2 aromatic rings. The second-order valence-electron chi connectivity index (χ2n) is 4.64. The molecule has 4 nitrogen and oxygen atoms in total. The number of benzene rings is 1. The second kappa shape index (κ2) is 6.61. The summed E-state index contributed by atoms with van der Waals surface area (Å²) in [4.78, 5) is 10.2. The van der Waals surface area contributed by atoms with Crippen LogP contribution in [-0.4, -0.2) is 24.1 Å². The van der Waals surface area contributed by atoms with Gasteiger partial charge in [-0.1, -0.05) is 31.7 Å². The van der Waals surface area contributed by atoms with Crippen molar-refractivity contribution in [1.29, 1.82) is 0 Å². The fourth-order valence-electron chi connectivity index (χ4n) is 1.67. The number of anilines is 1. The SMILES string of the molecule is CNc1cc(Sc2cccc(OC)c2)nc(C(C)C)n1. The third kappa shape index (κ3) is 3.63. The summed E-state index contributed by atoms with van der Waals surface area (Å²) in [5, 5.41) is 4.01. The monoisotopic (exact) mass is 289 g/mol. The average Bonchev–Trinajstić information content (AvgIpc) is 2.47. The molecule has 0 spiro atoms. The summed E-state index contributed by atoms with van der Waals surface area (Å²) in [5.41, 5.74) is 0. The minimum Gasteiger partial charge on any atom is -0.497 e. The molecule has 0 amide bonds. The van der Waals surface area contributed by atoms with Crippen LogP contribution in [0.2, 0.25) is 0 Å². The zero-order chi connectivity index (χ0) is 14.5. The van der Waals surface area contributed by atoms with Crippen LogP contribution >= 0.6 is 11.8 Å². The summed E-state index contributed by atoms with van der Waals surface area (Å²) in [6.45, 7) is 4.18. The number of nitrogens with zero attached hydrogens (tertiary/aromatic N) is 2. The number of methoxy groups -OCH3 is 1. The molecule has 1 N–H and O–H groups in total. The Kier molecular flexibility index (Phi) is 4.84.